The molecule has 7 nitrogen and oxygen atoms in total. The molecule has 172 valence electrons. The van der Waals surface area contributed by atoms with Crippen LogP contribution in [0.2, 0.25) is 0 Å². The van der Waals surface area contributed by atoms with Crippen LogP contribution in [0.25, 0.3) is 21.7 Å². The predicted octanol–water partition coefficient (Wildman–Crippen LogP) is 4.18. The number of hydrogen-bond donors (Lipinski definition) is 2. The van der Waals surface area contributed by atoms with Crippen LogP contribution in [0.15, 0.2) is 36.5 Å². The number of ether oxygens (including phenoxy) is 1. The quantitative estimate of drug-likeness (QED) is 0.563. The number of rotatable bonds is 6. The Morgan fingerprint density at radius 2 is 1.97 bits per heavy atom. The molecule has 1 aromatic carbocycles. The third-order valence-corrected chi connectivity index (χ3v) is 7.96. The van der Waals surface area contributed by atoms with Crippen molar-refractivity contribution in [3.63, 3.8) is 0 Å². The fourth-order valence-corrected chi connectivity index (χ4v) is 6.20. The maximum absolute atomic E-state index is 15.3. The Morgan fingerprint density at radius 1 is 1.12 bits per heavy atom. The molecule has 2 unspecified atom stereocenters. The van der Waals surface area contributed by atoms with Crippen LogP contribution >= 0.6 is 11.3 Å². The lowest BCUT2D eigenvalue weighted by Gasteiger charge is -2.40. The van der Waals surface area contributed by atoms with Crippen LogP contribution in [-0.4, -0.2) is 57.7 Å². The van der Waals surface area contributed by atoms with Gasteiger partial charge in [0.1, 0.15) is 11.9 Å². The average Bonchev–Trinajstić information content (AvgIpc) is 3.40. The van der Waals surface area contributed by atoms with E-state index in [0.717, 1.165) is 48.4 Å². The Morgan fingerprint density at radius 3 is 2.76 bits per heavy atom. The summed E-state index contributed by atoms with van der Waals surface area (Å²) in [5, 5.41) is 24.4. The number of aromatic nitrogens is 3. The molecule has 1 aliphatic carbocycles. The summed E-state index contributed by atoms with van der Waals surface area (Å²) in [6, 6.07) is 9.72. The minimum atomic E-state index is -0.901. The molecule has 4 atom stereocenters. The van der Waals surface area contributed by atoms with Gasteiger partial charge in [-0.1, -0.05) is 17.4 Å². The number of piperidine rings is 1. The highest BCUT2D eigenvalue weighted by atomic mass is 32.1. The van der Waals surface area contributed by atoms with Gasteiger partial charge in [0, 0.05) is 30.4 Å². The lowest BCUT2D eigenvalue weighted by molar-refractivity contribution is 0.172. The largest absolute Gasteiger partial charge is 0.507 e. The van der Waals surface area contributed by atoms with Gasteiger partial charge in [-0.15, -0.1) is 10.2 Å². The summed E-state index contributed by atoms with van der Waals surface area (Å²) in [5.41, 5.74) is 2.38. The topological polar surface area (TPSA) is 83.4 Å². The summed E-state index contributed by atoms with van der Waals surface area (Å²) in [7, 11) is 1.57. The van der Waals surface area contributed by atoms with Gasteiger partial charge in [0.25, 0.3) is 0 Å². The third-order valence-electron chi connectivity index (χ3n) is 6.99. The zero-order chi connectivity index (χ0) is 22.5. The monoisotopic (exact) mass is 467 g/mol. The lowest BCUT2D eigenvalue weighted by atomic mass is 9.96. The number of phenols is 1. The number of nitrogens with zero attached hydrogens (tertiary/aromatic N) is 4. The molecule has 0 spiro atoms. The molecule has 1 saturated carbocycles. The van der Waals surface area contributed by atoms with Gasteiger partial charge in [-0.25, -0.2) is 9.37 Å². The molecule has 2 aliphatic heterocycles. The maximum Gasteiger partial charge on any atom is 0.213 e. The fraction of sp³-hybridized carbons (Fsp3) is 0.458. The molecule has 4 heterocycles. The van der Waals surface area contributed by atoms with Crippen molar-refractivity contribution in [2.24, 2.45) is 0 Å². The second kappa shape index (κ2) is 8.22. The van der Waals surface area contributed by atoms with Gasteiger partial charge in [0.15, 0.2) is 5.01 Å². The van der Waals surface area contributed by atoms with Gasteiger partial charge in [-0.2, -0.15) is 0 Å². The zero-order valence-electron chi connectivity index (χ0n) is 18.3. The highest BCUT2D eigenvalue weighted by molar-refractivity contribution is 7.18. The summed E-state index contributed by atoms with van der Waals surface area (Å²) in [6.45, 7) is 0. The molecule has 2 N–H and O–H groups in total. The third kappa shape index (κ3) is 3.83. The Hall–Kier alpha value is -2.78. The molecular weight excluding hydrogens is 441 g/mol. The number of phenolic OH excluding ortho intramolecular Hbond substituents is 1. The predicted molar refractivity (Wildman–Crippen MR) is 126 cm³/mol. The molecule has 0 radical (unpaired) electrons. The van der Waals surface area contributed by atoms with E-state index in [4.69, 9.17) is 4.74 Å². The molecule has 3 fully saturated rings. The standard InChI is InChI=1S/C24H26FN5O2S/c1-32-21-11-14(8-9-26-21)13-2-6-17(20(31)10-13)23-28-29-24(33-23)30(16-4-5-16)19-12-15-3-7-18(27-15)22(19)25/h2,6,8-11,15-16,18-19,22,27,31H,3-5,7,12H2,1H3/t15?,18?,19-,22+/m0/s1. The fourth-order valence-electron chi connectivity index (χ4n) is 5.19. The highest BCUT2D eigenvalue weighted by Gasteiger charge is 2.48. The molecule has 9 heteroatoms. The van der Waals surface area contributed by atoms with Crippen molar-refractivity contribution in [2.75, 3.05) is 12.0 Å². The smallest absolute Gasteiger partial charge is 0.213 e. The van der Waals surface area contributed by atoms with Crippen LogP contribution in [-0.2, 0) is 0 Å². The number of pyridine rings is 1. The summed E-state index contributed by atoms with van der Waals surface area (Å²) in [4.78, 5) is 6.32. The van der Waals surface area contributed by atoms with Crippen LogP contribution in [0.5, 0.6) is 11.6 Å². The summed E-state index contributed by atoms with van der Waals surface area (Å²) < 4.78 is 20.5. The number of aromatic hydroxyl groups is 1. The normalized spacial score (nSPS) is 26.4. The summed E-state index contributed by atoms with van der Waals surface area (Å²) in [6.07, 6.45) is 5.66. The number of benzene rings is 1. The number of fused-ring (bicyclic) bond motifs is 2. The number of methoxy groups -OCH3 is 1. The first-order valence-electron chi connectivity index (χ1n) is 11.5. The van der Waals surface area contributed by atoms with Gasteiger partial charge in [-0.05, 0) is 61.4 Å². The molecule has 3 aromatic rings. The van der Waals surface area contributed by atoms with Crippen molar-refractivity contribution in [3.8, 4) is 33.3 Å². The van der Waals surface area contributed by atoms with Gasteiger partial charge >= 0.3 is 0 Å². The summed E-state index contributed by atoms with van der Waals surface area (Å²) >= 11 is 1.43. The van der Waals surface area contributed by atoms with Crippen molar-refractivity contribution >= 4 is 16.5 Å². The second-order valence-electron chi connectivity index (χ2n) is 9.14. The van der Waals surface area contributed by atoms with E-state index in [1.807, 2.05) is 24.3 Å². The lowest BCUT2D eigenvalue weighted by Crippen LogP contribution is -2.57. The van der Waals surface area contributed by atoms with Crippen LogP contribution in [0.4, 0.5) is 9.52 Å². The van der Waals surface area contributed by atoms with Crippen molar-refractivity contribution in [2.45, 2.75) is 62.4 Å². The van der Waals surface area contributed by atoms with Crippen LogP contribution in [0.3, 0.4) is 0 Å². The number of alkyl halides is 1. The maximum atomic E-state index is 15.3. The molecule has 2 aromatic heterocycles. The number of nitrogens with one attached hydrogen (secondary N) is 1. The Labute approximate surface area is 195 Å². The molecule has 3 aliphatic rings. The molecule has 2 saturated heterocycles. The van der Waals surface area contributed by atoms with Crippen molar-refractivity contribution < 1.29 is 14.2 Å². The Bertz CT molecular complexity index is 1170. The molecular formula is C24H26FN5O2S. The first-order valence-corrected chi connectivity index (χ1v) is 12.3. The average molecular weight is 468 g/mol. The van der Waals surface area contributed by atoms with Crippen LogP contribution in [0.1, 0.15) is 32.1 Å². The van der Waals surface area contributed by atoms with Gasteiger partial charge in [0.2, 0.25) is 11.0 Å². The minimum Gasteiger partial charge on any atom is -0.507 e. The van der Waals surface area contributed by atoms with E-state index in [1.165, 1.54) is 11.3 Å². The van der Waals surface area contributed by atoms with Crippen molar-refractivity contribution in [3.05, 3.63) is 36.5 Å². The van der Waals surface area contributed by atoms with Gasteiger partial charge < -0.3 is 20.1 Å². The van der Waals surface area contributed by atoms with E-state index >= 15 is 4.39 Å². The first-order chi connectivity index (χ1) is 16.1. The molecule has 6 rings (SSSR count). The number of halogens is 1. The Kier molecular flexibility index (Phi) is 5.18. The van der Waals surface area contributed by atoms with Gasteiger partial charge in [0.05, 0.1) is 18.7 Å². The molecule has 0 amide bonds. The van der Waals surface area contributed by atoms with Crippen molar-refractivity contribution in [1.29, 1.82) is 0 Å². The van der Waals surface area contributed by atoms with Crippen molar-refractivity contribution in [1.82, 2.24) is 20.5 Å². The Balaban J connectivity index is 1.28. The van der Waals surface area contributed by atoms with E-state index in [9.17, 15) is 5.11 Å². The summed E-state index contributed by atoms with van der Waals surface area (Å²) in [5.74, 6) is 0.648. The van der Waals surface area contributed by atoms with E-state index < -0.39 is 6.17 Å². The van der Waals surface area contributed by atoms with E-state index in [1.54, 1.807) is 19.4 Å². The second-order valence-corrected chi connectivity index (χ2v) is 10.1. The minimum absolute atomic E-state index is 0.0502. The molecule has 33 heavy (non-hydrogen) atoms. The van der Waals surface area contributed by atoms with E-state index in [0.29, 0.717) is 28.5 Å². The number of hydrogen-bond acceptors (Lipinski definition) is 8. The highest BCUT2D eigenvalue weighted by Crippen LogP contribution is 2.44. The number of anilines is 1. The first kappa shape index (κ1) is 20.8. The van der Waals surface area contributed by atoms with Crippen LogP contribution in [0, 0.1) is 0 Å². The van der Waals surface area contributed by atoms with Crippen LogP contribution < -0.4 is 15.0 Å². The SMILES string of the molecule is COc1cc(-c2ccc(-c3nnc(N(C4CC4)[C@H]4CC5CCC(N5)[C@H]4F)s3)c(O)c2)ccn1. The van der Waals surface area contributed by atoms with Gasteiger partial charge in [-0.3, -0.25) is 0 Å². The van der Waals surface area contributed by atoms with E-state index in [2.05, 4.69) is 25.4 Å². The van der Waals surface area contributed by atoms with E-state index in [-0.39, 0.29) is 17.8 Å². The zero-order valence-corrected chi connectivity index (χ0v) is 19.1. The molecule has 2 bridgehead atoms.